The van der Waals surface area contributed by atoms with Crippen LogP contribution >= 0.6 is 11.8 Å². The Morgan fingerprint density at radius 3 is 2.81 bits per heavy atom. The van der Waals surface area contributed by atoms with E-state index in [4.69, 9.17) is 13.7 Å². The molecule has 144 valence electrons. The van der Waals surface area contributed by atoms with E-state index in [9.17, 15) is 0 Å². The number of ether oxygens (including phenoxy) is 1. The minimum Gasteiger partial charge on any atom is -0.461 e. The van der Waals surface area contributed by atoms with Crippen molar-refractivity contribution in [3.8, 4) is 11.6 Å². The summed E-state index contributed by atoms with van der Waals surface area (Å²) in [5, 5.41) is 13.6. The number of aromatic nitrogens is 5. The SMILES string of the molecule is CC(C)Cn1c(SCc2nc(-c3ccco3)no2)nnc1N1CCOCC1. The quantitative estimate of drug-likeness (QED) is 0.564. The predicted octanol–water partition coefficient (Wildman–Crippen LogP) is 2.71. The first-order valence-electron chi connectivity index (χ1n) is 8.96. The summed E-state index contributed by atoms with van der Waals surface area (Å²) in [4.78, 5) is 6.61. The van der Waals surface area contributed by atoms with E-state index >= 15 is 0 Å². The second kappa shape index (κ2) is 8.13. The molecule has 0 saturated carbocycles. The summed E-state index contributed by atoms with van der Waals surface area (Å²) in [6, 6.07) is 3.59. The maximum atomic E-state index is 5.45. The van der Waals surface area contributed by atoms with Crippen molar-refractivity contribution in [1.29, 1.82) is 0 Å². The second-order valence-corrected chi connectivity index (χ2v) is 7.61. The molecular formula is C17H22N6O3S. The normalized spacial score (nSPS) is 15.0. The Balaban J connectivity index is 1.48. The van der Waals surface area contributed by atoms with Gasteiger partial charge in [0.2, 0.25) is 17.7 Å². The second-order valence-electron chi connectivity index (χ2n) is 6.66. The van der Waals surface area contributed by atoms with Crippen molar-refractivity contribution >= 4 is 17.7 Å². The highest BCUT2D eigenvalue weighted by Gasteiger charge is 2.22. The van der Waals surface area contributed by atoms with Gasteiger partial charge in [0.1, 0.15) is 0 Å². The zero-order valence-corrected chi connectivity index (χ0v) is 16.2. The highest BCUT2D eigenvalue weighted by atomic mass is 32.2. The fourth-order valence-corrected chi connectivity index (χ4v) is 3.64. The van der Waals surface area contributed by atoms with Crippen LogP contribution in [0.5, 0.6) is 0 Å². The predicted molar refractivity (Wildman–Crippen MR) is 99.5 cm³/mol. The van der Waals surface area contributed by atoms with Crippen LogP contribution in [0.3, 0.4) is 0 Å². The van der Waals surface area contributed by atoms with Crippen LogP contribution in [0.25, 0.3) is 11.6 Å². The standard InChI is InChI=1S/C17H22N6O3S/c1-12(2)10-23-16(22-5-8-24-9-6-22)19-20-17(23)27-11-14-18-15(21-26-14)13-4-3-7-25-13/h3-4,7,12H,5-6,8-11H2,1-2H3. The molecule has 0 amide bonds. The summed E-state index contributed by atoms with van der Waals surface area (Å²) in [6.45, 7) is 8.32. The van der Waals surface area contributed by atoms with Gasteiger partial charge < -0.3 is 18.6 Å². The van der Waals surface area contributed by atoms with Crippen LogP contribution in [0.15, 0.2) is 32.5 Å². The van der Waals surface area contributed by atoms with Gasteiger partial charge in [0.25, 0.3) is 0 Å². The Morgan fingerprint density at radius 2 is 2.07 bits per heavy atom. The van der Waals surface area contributed by atoms with Gasteiger partial charge in [-0.05, 0) is 18.1 Å². The lowest BCUT2D eigenvalue weighted by atomic mass is 10.2. The highest BCUT2D eigenvalue weighted by Crippen LogP contribution is 2.27. The Morgan fingerprint density at radius 1 is 1.22 bits per heavy atom. The Bertz CT molecular complexity index is 854. The topological polar surface area (TPSA) is 95.2 Å². The molecule has 0 spiro atoms. The van der Waals surface area contributed by atoms with Crippen molar-refractivity contribution in [2.45, 2.75) is 31.3 Å². The first-order valence-corrected chi connectivity index (χ1v) is 9.94. The van der Waals surface area contributed by atoms with E-state index in [1.807, 2.05) is 0 Å². The molecule has 3 aromatic heterocycles. The molecule has 9 nitrogen and oxygen atoms in total. The molecule has 0 radical (unpaired) electrons. The van der Waals surface area contributed by atoms with Crippen LogP contribution < -0.4 is 4.90 Å². The molecule has 1 aliphatic rings. The van der Waals surface area contributed by atoms with Crippen LogP contribution in [0.1, 0.15) is 19.7 Å². The number of thioether (sulfide) groups is 1. The maximum absolute atomic E-state index is 5.45. The van der Waals surface area contributed by atoms with E-state index in [0.717, 1.165) is 30.7 Å². The molecule has 4 heterocycles. The number of hydrogen-bond donors (Lipinski definition) is 0. The zero-order valence-electron chi connectivity index (χ0n) is 15.4. The lowest BCUT2D eigenvalue weighted by Crippen LogP contribution is -2.38. The fourth-order valence-electron chi connectivity index (χ4n) is 2.86. The van der Waals surface area contributed by atoms with Crippen molar-refractivity contribution in [3.05, 3.63) is 24.3 Å². The van der Waals surface area contributed by atoms with Crippen LogP contribution in [0, 0.1) is 5.92 Å². The summed E-state index contributed by atoms with van der Waals surface area (Å²) >= 11 is 1.54. The first kappa shape index (κ1) is 18.1. The molecule has 0 atom stereocenters. The minimum absolute atomic E-state index is 0.452. The molecule has 0 aliphatic carbocycles. The summed E-state index contributed by atoms with van der Waals surface area (Å²) in [6.07, 6.45) is 1.58. The number of hydrogen-bond acceptors (Lipinski definition) is 9. The largest absolute Gasteiger partial charge is 0.461 e. The van der Waals surface area contributed by atoms with Crippen molar-refractivity contribution in [2.75, 3.05) is 31.2 Å². The smallest absolute Gasteiger partial charge is 0.238 e. The maximum Gasteiger partial charge on any atom is 0.238 e. The molecule has 1 fully saturated rings. The van der Waals surface area contributed by atoms with Crippen LogP contribution in [-0.2, 0) is 17.0 Å². The van der Waals surface area contributed by atoms with Gasteiger partial charge in [0.15, 0.2) is 10.9 Å². The average Bonchev–Trinajstić information content (AvgIpc) is 3.41. The third-order valence-electron chi connectivity index (χ3n) is 4.07. The van der Waals surface area contributed by atoms with Gasteiger partial charge in [-0.1, -0.05) is 30.8 Å². The Kier molecular flexibility index (Phi) is 5.44. The molecule has 0 N–H and O–H groups in total. The third-order valence-corrected chi connectivity index (χ3v) is 5.02. The molecule has 0 aromatic carbocycles. The monoisotopic (exact) mass is 390 g/mol. The summed E-state index contributed by atoms with van der Waals surface area (Å²) < 4.78 is 18.2. The van der Waals surface area contributed by atoms with Gasteiger partial charge in [-0.3, -0.25) is 4.57 Å². The molecule has 0 bridgehead atoms. The van der Waals surface area contributed by atoms with Gasteiger partial charge in [-0.25, -0.2) is 0 Å². The van der Waals surface area contributed by atoms with E-state index in [1.54, 1.807) is 30.2 Å². The molecular weight excluding hydrogens is 368 g/mol. The number of rotatable bonds is 7. The summed E-state index contributed by atoms with van der Waals surface area (Å²) in [5.74, 6) is 3.47. The first-order chi connectivity index (χ1) is 13.2. The molecule has 10 heteroatoms. The number of nitrogens with zero attached hydrogens (tertiary/aromatic N) is 6. The third kappa shape index (κ3) is 4.16. The molecule has 3 aromatic rings. The van der Waals surface area contributed by atoms with E-state index in [0.29, 0.717) is 42.4 Å². The molecule has 4 rings (SSSR count). The van der Waals surface area contributed by atoms with Crippen LogP contribution in [-0.4, -0.2) is 51.2 Å². The zero-order chi connectivity index (χ0) is 18.6. The van der Waals surface area contributed by atoms with Crippen LogP contribution in [0.4, 0.5) is 5.95 Å². The average molecular weight is 390 g/mol. The van der Waals surface area contributed by atoms with E-state index in [-0.39, 0.29) is 0 Å². The van der Waals surface area contributed by atoms with Gasteiger partial charge >= 0.3 is 0 Å². The fraction of sp³-hybridized carbons (Fsp3) is 0.529. The minimum atomic E-state index is 0.452. The lowest BCUT2D eigenvalue weighted by molar-refractivity contribution is 0.121. The number of furan rings is 1. The Hall–Kier alpha value is -2.33. The van der Waals surface area contributed by atoms with Gasteiger partial charge in [-0.15, -0.1) is 10.2 Å². The lowest BCUT2D eigenvalue weighted by Gasteiger charge is -2.28. The summed E-state index contributed by atoms with van der Waals surface area (Å²) in [5.41, 5.74) is 0. The van der Waals surface area contributed by atoms with Crippen molar-refractivity contribution in [2.24, 2.45) is 5.92 Å². The number of morpholine rings is 1. The number of anilines is 1. The van der Waals surface area contributed by atoms with E-state index < -0.39 is 0 Å². The molecule has 1 aliphatic heterocycles. The van der Waals surface area contributed by atoms with Crippen molar-refractivity contribution in [1.82, 2.24) is 24.9 Å². The van der Waals surface area contributed by atoms with Gasteiger partial charge in [0, 0.05) is 19.6 Å². The van der Waals surface area contributed by atoms with E-state index in [1.165, 1.54) is 0 Å². The molecule has 27 heavy (non-hydrogen) atoms. The Labute approximate surface area is 161 Å². The van der Waals surface area contributed by atoms with E-state index in [2.05, 4.69) is 43.7 Å². The highest BCUT2D eigenvalue weighted by molar-refractivity contribution is 7.98. The van der Waals surface area contributed by atoms with Crippen molar-refractivity contribution < 1.29 is 13.7 Å². The van der Waals surface area contributed by atoms with Gasteiger partial charge in [-0.2, -0.15) is 4.98 Å². The van der Waals surface area contributed by atoms with Crippen molar-refractivity contribution in [3.63, 3.8) is 0 Å². The summed E-state index contributed by atoms with van der Waals surface area (Å²) in [7, 11) is 0. The molecule has 1 saturated heterocycles. The van der Waals surface area contributed by atoms with Crippen LogP contribution in [0.2, 0.25) is 0 Å². The molecule has 0 unspecified atom stereocenters. The van der Waals surface area contributed by atoms with Gasteiger partial charge in [0.05, 0.1) is 25.2 Å².